The van der Waals surface area contributed by atoms with Crippen LogP contribution in [0.4, 0.5) is 4.39 Å². The summed E-state index contributed by atoms with van der Waals surface area (Å²) in [6.07, 6.45) is -3.77. The summed E-state index contributed by atoms with van der Waals surface area (Å²) in [5, 5.41) is 13.6. The molecule has 2 aliphatic rings. The second kappa shape index (κ2) is 11.8. The van der Waals surface area contributed by atoms with Crippen molar-refractivity contribution < 1.29 is 37.3 Å². The Hall–Kier alpha value is -2.38. The smallest absolute Gasteiger partial charge is 0.413 e. The van der Waals surface area contributed by atoms with Gasteiger partial charge in [0.1, 0.15) is 18.0 Å². The van der Waals surface area contributed by atoms with Gasteiger partial charge in [0, 0.05) is 12.3 Å². The van der Waals surface area contributed by atoms with E-state index in [-0.39, 0.29) is 11.7 Å². The van der Waals surface area contributed by atoms with Crippen molar-refractivity contribution in [3.05, 3.63) is 63.4 Å². The van der Waals surface area contributed by atoms with Gasteiger partial charge in [-0.05, 0) is 31.4 Å². The number of aliphatic hydroxyl groups is 1. The lowest BCUT2D eigenvalue weighted by atomic mass is 9.98. The van der Waals surface area contributed by atoms with E-state index in [1.54, 1.807) is 30.3 Å². The van der Waals surface area contributed by atoms with E-state index in [9.17, 15) is 19.3 Å². The standard InChI is InChI=1S/C24H33FN3O9P/c1-15(2)13-17(21-33-11-12-34-21)27-38(32,37-16-7-5-4-6-8-16)35-14-18-20(30)24(3,25)22(36-18)28-10-9-19(29)26-23(28)31/h4-10,15,17-18,20-22,30H,11-14H2,1-3H3,(H,27,32)(H,26,29,31)/t17-,18+,20+,22+,24+,38?/m0/s1. The number of ether oxygens (including phenoxy) is 3. The van der Waals surface area contributed by atoms with Crippen molar-refractivity contribution in [1.29, 1.82) is 0 Å². The van der Waals surface area contributed by atoms with E-state index in [1.165, 1.54) is 0 Å². The number of para-hydroxylation sites is 1. The molecule has 3 heterocycles. The molecule has 38 heavy (non-hydrogen) atoms. The SMILES string of the molecule is CC(C)C[C@H](NP(=O)(OC[C@H]1O[C@@H](n2ccc(=O)[nH]c2=O)[C@](C)(F)[C@@H]1O)Oc1ccccc1)C1OCCO1. The van der Waals surface area contributed by atoms with Crippen LogP contribution in [0.2, 0.25) is 0 Å². The minimum atomic E-state index is -4.17. The average Bonchev–Trinajstić information content (AvgIpc) is 3.46. The summed E-state index contributed by atoms with van der Waals surface area (Å²) in [6.45, 7) is 5.25. The highest BCUT2D eigenvalue weighted by atomic mass is 31.2. The minimum Gasteiger partial charge on any atom is -0.413 e. The molecule has 1 aromatic carbocycles. The molecule has 0 saturated carbocycles. The topological polar surface area (TPSA) is 150 Å². The molecular formula is C24H33FN3O9P. The van der Waals surface area contributed by atoms with Crippen LogP contribution in [-0.2, 0) is 23.3 Å². The zero-order valence-corrected chi connectivity index (χ0v) is 22.2. The zero-order valence-electron chi connectivity index (χ0n) is 21.3. The molecule has 12 nitrogen and oxygen atoms in total. The van der Waals surface area contributed by atoms with Crippen LogP contribution in [0.5, 0.6) is 5.75 Å². The van der Waals surface area contributed by atoms with Crippen molar-refractivity contribution in [2.75, 3.05) is 19.8 Å². The number of alkyl halides is 1. The van der Waals surface area contributed by atoms with E-state index < -0.39 is 62.0 Å². The van der Waals surface area contributed by atoms with Crippen molar-refractivity contribution in [1.82, 2.24) is 14.6 Å². The van der Waals surface area contributed by atoms with Gasteiger partial charge < -0.3 is 23.8 Å². The lowest BCUT2D eigenvalue weighted by Crippen LogP contribution is -2.44. The largest absolute Gasteiger partial charge is 0.459 e. The summed E-state index contributed by atoms with van der Waals surface area (Å²) in [5.41, 5.74) is -4.02. The minimum absolute atomic E-state index is 0.175. The van der Waals surface area contributed by atoms with Crippen molar-refractivity contribution in [2.24, 2.45) is 5.92 Å². The Morgan fingerprint density at radius 1 is 1.24 bits per heavy atom. The first-order chi connectivity index (χ1) is 18.0. The van der Waals surface area contributed by atoms with E-state index in [1.807, 2.05) is 18.8 Å². The Kier molecular flexibility index (Phi) is 8.88. The van der Waals surface area contributed by atoms with Crippen LogP contribution in [0.3, 0.4) is 0 Å². The lowest BCUT2D eigenvalue weighted by Gasteiger charge is -2.30. The van der Waals surface area contributed by atoms with Gasteiger partial charge in [-0.1, -0.05) is 32.0 Å². The van der Waals surface area contributed by atoms with Crippen LogP contribution in [-0.4, -0.2) is 64.7 Å². The molecule has 210 valence electrons. The first-order valence-electron chi connectivity index (χ1n) is 12.3. The van der Waals surface area contributed by atoms with E-state index in [2.05, 4.69) is 5.09 Å². The van der Waals surface area contributed by atoms with Gasteiger partial charge in [0.25, 0.3) is 5.56 Å². The first-order valence-corrected chi connectivity index (χ1v) is 13.9. The summed E-state index contributed by atoms with van der Waals surface area (Å²) >= 11 is 0. The third-order valence-electron chi connectivity index (χ3n) is 6.22. The number of aromatic amines is 1. The molecule has 2 fully saturated rings. The molecule has 1 aromatic heterocycles. The summed E-state index contributed by atoms with van der Waals surface area (Å²) in [7, 11) is -4.17. The van der Waals surface area contributed by atoms with Crippen LogP contribution in [0.25, 0.3) is 0 Å². The summed E-state index contributed by atoms with van der Waals surface area (Å²) < 4.78 is 58.8. The van der Waals surface area contributed by atoms with E-state index in [4.69, 9.17) is 23.3 Å². The zero-order chi connectivity index (χ0) is 27.5. The second-order valence-electron chi connectivity index (χ2n) is 9.81. The van der Waals surface area contributed by atoms with Gasteiger partial charge in [-0.25, -0.2) is 18.8 Å². The Morgan fingerprint density at radius 2 is 1.92 bits per heavy atom. The van der Waals surface area contributed by atoms with Gasteiger partial charge >= 0.3 is 13.4 Å². The summed E-state index contributed by atoms with van der Waals surface area (Å²) in [6, 6.07) is 8.80. The number of hydrogen-bond acceptors (Lipinski definition) is 9. The molecule has 14 heteroatoms. The third-order valence-corrected chi connectivity index (χ3v) is 7.81. The Morgan fingerprint density at radius 3 is 2.55 bits per heavy atom. The second-order valence-corrected chi connectivity index (χ2v) is 11.5. The number of nitrogens with one attached hydrogen (secondary N) is 2. The maximum atomic E-state index is 15.6. The van der Waals surface area contributed by atoms with Crippen LogP contribution < -0.4 is 20.9 Å². The molecule has 0 aliphatic carbocycles. The van der Waals surface area contributed by atoms with Crippen LogP contribution >= 0.6 is 7.75 Å². The molecule has 4 rings (SSSR count). The molecule has 6 atom stereocenters. The molecule has 3 N–H and O–H groups in total. The Bertz CT molecular complexity index is 1230. The quantitative estimate of drug-likeness (QED) is 0.351. The molecule has 0 bridgehead atoms. The molecular weight excluding hydrogens is 524 g/mol. The number of halogens is 1. The Balaban J connectivity index is 1.55. The summed E-state index contributed by atoms with van der Waals surface area (Å²) in [5.74, 6) is 0.426. The van der Waals surface area contributed by atoms with Gasteiger partial charge in [0.05, 0.1) is 25.9 Å². The lowest BCUT2D eigenvalue weighted by molar-refractivity contribution is -0.0698. The number of aliphatic hydroxyl groups excluding tert-OH is 1. The van der Waals surface area contributed by atoms with Crippen molar-refractivity contribution in [3.8, 4) is 5.75 Å². The Labute approximate surface area is 218 Å². The molecule has 1 unspecified atom stereocenters. The number of aromatic nitrogens is 2. The van der Waals surface area contributed by atoms with Crippen LogP contribution in [0.1, 0.15) is 33.4 Å². The van der Waals surface area contributed by atoms with Gasteiger partial charge in [-0.3, -0.25) is 18.9 Å². The first kappa shape index (κ1) is 28.6. The average molecular weight is 558 g/mol. The molecule has 2 aromatic rings. The molecule has 2 aliphatic heterocycles. The number of nitrogens with zero attached hydrogens (tertiary/aromatic N) is 1. The molecule has 0 spiro atoms. The summed E-state index contributed by atoms with van der Waals surface area (Å²) in [4.78, 5) is 25.7. The molecule has 0 radical (unpaired) electrons. The van der Waals surface area contributed by atoms with E-state index in [0.717, 1.165) is 23.8 Å². The molecule has 2 saturated heterocycles. The highest BCUT2D eigenvalue weighted by Crippen LogP contribution is 2.48. The highest BCUT2D eigenvalue weighted by molar-refractivity contribution is 7.52. The molecule has 0 amide bonds. The fourth-order valence-electron chi connectivity index (χ4n) is 4.39. The predicted octanol–water partition coefficient (Wildman–Crippen LogP) is 2.10. The maximum absolute atomic E-state index is 15.6. The van der Waals surface area contributed by atoms with E-state index in [0.29, 0.717) is 19.6 Å². The van der Waals surface area contributed by atoms with Crippen molar-refractivity contribution in [3.63, 3.8) is 0 Å². The van der Waals surface area contributed by atoms with E-state index >= 15 is 4.39 Å². The number of rotatable bonds is 11. The monoisotopic (exact) mass is 557 g/mol. The highest BCUT2D eigenvalue weighted by Gasteiger charge is 2.56. The van der Waals surface area contributed by atoms with Crippen LogP contribution in [0, 0.1) is 5.92 Å². The van der Waals surface area contributed by atoms with Crippen molar-refractivity contribution in [2.45, 2.75) is 63.6 Å². The van der Waals surface area contributed by atoms with Gasteiger partial charge in [-0.15, -0.1) is 0 Å². The normalized spacial score (nSPS) is 28.4. The van der Waals surface area contributed by atoms with Gasteiger partial charge in [0.2, 0.25) is 0 Å². The maximum Gasteiger partial charge on any atom is 0.459 e. The van der Waals surface area contributed by atoms with Crippen molar-refractivity contribution >= 4 is 7.75 Å². The fourth-order valence-corrected chi connectivity index (χ4v) is 5.94. The third kappa shape index (κ3) is 6.60. The number of benzene rings is 1. The van der Waals surface area contributed by atoms with Crippen LogP contribution in [0.15, 0.2) is 52.2 Å². The number of H-pyrrole nitrogens is 1. The van der Waals surface area contributed by atoms with Gasteiger partial charge in [0.15, 0.2) is 18.2 Å². The number of hydrogen-bond donors (Lipinski definition) is 3. The van der Waals surface area contributed by atoms with Gasteiger partial charge in [-0.2, -0.15) is 0 Å². The predicted molar refractivity (Wildman–Crippen MR) is 133 cm³/mol. The fraction of sp³-hybridized carbons (Fsp3) is 0.583.